The zero-order valence-electron chi connectivity index (χ0n) is 9.16. The van der Waals surface area contributed by atoms with E-state index in [0.29, 0.717) is 0 Å². The molecule has 0 spiro atoms. The van der Waals surface area contributed by atoms with Crippen LogP contribution >= 0.6 is 11.6 Å². The molecule has 0 heterocycles. The minimum atomic E-state index is -1.88. The van der Waals surface area contributed by atoms with Crippen LogP contribution in [0.25, 0.3) is 0 Å². The lowest BCUT2D eigenvalue weighted by molar-refractivity contribution is -0.875. The molecule has 0 rings (SSSR count). The van der Waals surface area contributed by atoms with Crippen LogP contribution < -0.4 is 0 Å². The van der Waals surface area contributed by atoms with Gasteiger partial charge in [0, 0.05) is 0 Å². The van der Waals surface area contributed by atoms with Crippen molar-refractivity contribution in [2.24, 2.45) is 0 Å². The second-order valence-electron chi connectivity index (χ2n) is 4.61. The topological polar surface area (TPSA) is 74.6 Å². The molecule has 0 saturated carbocycles. The summed E-state index contributed by atoms with van der Waals surface area (Å²) in [5.74, 6) is -2.26. The van der Waals surface area contributed by atoms with Crippen LogP contribution in [-0.4, -0.2) is 65.6 Å². The number of carbonyl (C=O) groups excluding carboxylic acids is 1. The van der Waals surface area contributed by atoms with Crippen molar-refractivity contribution in [1.82, 2.24) is 0 Å². The van der Waals surface area contributed by atoms with E-state index >= 15 is 0 Å². The summed E-state index contributed by atoms with van der Waals surface area (Å²) >= 11 is 5.34. The highest BCUT2D eigenvalue weighted by molar-refractivity contribution is 6.29. The Kier molecular flexibility index (Phi) is 4.70. The maximum absolute atomic E-state index is 11.4. The quantitative estimate of drug-likeness (QED) is 0.493. The number of carbonyl (C=O) groups is 2. The van der Waals surface area contributed by atoms with Crippen molar-refractivity contribution in [3.05, 3.63) is 0 Å². The molecular formula is C9H17ClNO4+. The number of rotatable bonds is 6. The lowest BCUT2D eigenvalue weighted by Gasteiger charge is -2.33. The number of hydrogen-bond acceptors (Lipinski definition) is 3. The van der Waals surface area contributed by atoms with Gasteiger partial charge in [-0.2, -0.15) is 0 Å². The number of quaternary nitrogens is 1. The normalized spacial score (nSPS) is 15.8. The van der Waals surface area contributed by atoms with Gasteiger partial charge in [-0.15, -0.1) is 11.6 Å². The lowest BCUT2D eigenvalue weighted by atomic mass is 9.94. The Labute approximate surface area is 93.8 Å². The molecule has 2 N–H and O–H groups in total. The van der Waals surface area contributed by atoms with Crippen molar-refractivity contribution < 1.29 is 24.3 Å². The van der Waals surface area contributed by atoms with Crippen molar-refractivity contribution in [3.8, 4) is 0 Å². The van der Waals surface area contributed by atoms with Crippen molar-refractivity contribution in [3.63, 3.8) is 0 Å². The first-order chi connectivity index (χ1) is 6.60. The van der Waals surface area contributed by atoms with Gasteiger partial charge in [0.1, 0.15) is 6.54 Å². The van der Waals surface area contributed by atoms with E-state index in [-0.39, 0.29) is 16.9 Å². The molecule has 6 heteroatoms. The predicted octanol–water partition coefficient (Wildman–Crippen LogP) is -0.294. The molecule has 1 unspecified atom stereocenters. The standard InChI is InChI=1S/C9H16ClNO4/c1-11(2,3)6-9(15,4-8(13)14)7(12)5-10/h15H,4-6H2,1-3H3/p+1. The van der Waals surface area contributed by atoms with Gasteiger partial charge in [-0.1, -0.05) is 0 Å². The predicted molar refractivity (Wildman–Crippen MR) is 55.8 cm³/mol. The van der Waals surface area contributed by atoms with E-state index in [4.69, 9.17) is 16.7 Å². The average Bonchev–Trinajstić information content (AvgIpc) is 1.97. The summed E-state index contributed by atoms with van der Waals surface area (Å²) in [4.78, 5) is 22.0. The van der Waals surface area contributed by atoms with E-state index in [1.165, 1.54) is 0 Å². The summed E-state index contributed by atoms with van der Waals surface area (Å²) in [5.41, 5.74) is -1.88. The summed E-state index contributed by atoms with van der Waals surface area (Å²) in [6.07, 6.45) is -0.617. The van der Waals surface area contributed by atoms with Gasteiger partial charge in [0.05, 0.1) is 33.4 Å². The van der Waals surface area contributed by atoms with Gasteiger partial charge >= 0.3 is 5.97 Å². The Morgan fingerprint density at radius 2 is 1.80 bits per heavy atom. The molecular weight excluding hydrogens is 222 g/mol. The number of halogens is 1. The van der Waals surface area contributed by atoms with Crippen LogP contribution in [0.4, 0.5) is 0 Å². The van der Waals surface area contributed by atoms with Crippen LogP contribution in [0.1, 0.15) is 6.42 Å². The molecule has 1 atom stereocenters. The maximum Gasteiger partial charge on any atom is 0.306 e. The maximum atomic E-state index is 11.4. The fourth-order valence-corrected chi connectivity index (χ4v) is 1.65. The van der Waals surface area contributed by atoms with Gasteiger partial charge < -0.3 is 14.7 Å². The highest BCUT2D eigenvalue weighted by atomic mass is 35.5. The Balaban J connectivity index is 4.86. The Hall–Kier alpha value is -0.650. The van der Waals surface area contributed by atoms with Crippen LogP contribution in [0.2, 0.25) is 0 Å². The first-order valence-electron chi connectivity index (χ1n) is 4.44. The number of Topliss-reactive ketones (excluding diaryl/α,β-unsaturated/α-hetero) is 1. The number of aliphatic carboxylic acids is 1. The van der Waals surface area contributed by atoms with Gasteiger partial charge in [-0.25, -0.2) is 0 Å². The van der Waals surface area contributed by atoms with E-state index in [1.807, 2.05) is 0 Å². The third-order valence-electron chi connectivity index (χ3n) is 1.82. The van der Waals surface area contributed by atoms with E-state index in [1.54, 1.807) is 21.1 Å². The Bertz CT molecular complexity index is 261. The Morgan fingerprint density at radius 3 is 2.07 bits per heavy atom. The van der Waals surface area contributed by atoms with Gasteiger partial charge in [0.2, 0.25) is 0 Å². The molecule has 15 heavy (non-hydrogen) atoms. The number of hydrogen-bond donors (Lipinski definition) is 2. The van der Waals surface area contributed by atoms with Gasteiger partial charge in [-0.05, 0) is 0 Å². The van der Waals surface area contributed by atoms with Gasteiger partial charge in [0.25, 0.3) is 0 Å². The monoisotopic (exact) mass is 238 g/mol. The lowest BCUT2D eigenvalue weighted by Crippen LogP contribution is -2.55. The summed E-state index contributed by atoms with van der Waals surface area (Å²) in [5, 5.41) is 18.6. The third-order valence-corrected chi connectivity index (χ3v) is 2.06. The zero-order valence-corrected chi connectivity index (χ0v) is 9.91. The van der Waals surface area contributed by atoms with Gasteiger partial charge in [-0.3, -0.25) is 9.59 Å². The van der Waals surface area contributed by atoms with Crippen LogP contribution in [0.3, 0.4) is 0 Å². The highest BCUT2D eigenvalue weighted by Crippen LogP contribution is 2.16. The second-order valence-corrected chi connectivity index (χ2v) is 4.87. The van der Waals surface area contributed by atoms with Crippen molar-refractivity contribution >= 4 is 23.4 Å². The summed E-state index contributed by atoms with van der Waals surface area (Å²) in [6.45, 7) is 0.0187. The van der Waals surface area contributed by atoms with Crippen LogP contribution in [0.5, 0.6) is 0 Å². The minimum absolute atomic E-state index is 0.0187. The van der Waals surface area contributed by atoms with Crippen LogP contribution in [0.15, 0.2) is 0 Å². The molecule has 0 radical (unpaired) electrons. The molecule has 0 aliphatic carbocycles. The number of nitrogens with zero attached hydrogens (tertiary/aromatic N) is 1. The first kappa shape index (κ1) is 14.3. The number of carboxylic acids is 1. The van der Waals surface area contributed by atoms with Crippen molar-refractivity contribution in [1.29, 1.82) is 0 Å². The van der Waals surface area contributed by atoms with Crippen molar-refractivity contribution in [2.75, 3.05) is 33.6 Å². The number of likely N-dealkylation sites (N-methyl/N-ethyl adjacent to an activating group) is 1. The Morgan fingerprint density at radius 1 is 1.33 bits per heavy atom. The molecule has 0 saturated heterocycles. The number of carboxylic acid groups (broad SMARTS) is 1. The highest BCUT2D eigenvalue weighted by Gasteiger charge is 2.42. The number of ketones is 1. The SMILES string of the molecule is C[N+](C)(C)CC(O)(CC(=O)O)C(=O)CCl. The second kappa shape index (κ2) is 4.92. The molecule has 0 amide bonds. The number of aliphatic hydroxyl groups is 1. The molecule has 0 aliphatic heterocycles. The molecule has 0 aromatic heterocycles. The molecule has 0 fully saturated rings. The molecule has 0 aromatic carbocycles. The van der Waals surface area contributed by atoms with E-state index < -0.39 is 23.8 Å². The zero-order chi connectivity index (χ0) is 12.3. The van der Waals surface area contributed by atoms with Crippen LogP contribution in [0, 0.1) is 0 Å². The summed E-state index contributed by atoms with van der Waals surface area (Å²) in [7, 11) is 5.27. The van der Waals surface area contributed by atoms with E-state index in [9.17, 15) is 14.7 Å². The van der Waals surface area contributed by atoms with Crippen LogP contribution in [-0.2, 0) is 9.59 Å². The molecule has 0 bridgehead atoms. The van der Waals surface area contributed by atoms with Gasteiger partial charge in [0.15, 0.2) is 11.4 Å². The number of alkyl halides is 1. The van der Waals surface area contributed by atoms with Crippen molar-refractivity contribution in [2.45, 2.75) is 12.0 Å². The molecule has 0 aromatic rings. The van der Waals surface area contributed by atoms with E-state index in [0.717, 1.165) is 0 Å². The average molecular weight is 239 g/mol. The first-order valence-corrected chi connectivity index (χ1v) is 4.98. The fourth-order valence-electron chi connectivity index (χ4n) is 1.40. The van der Waals surface area contributed by atoms with E-state index in [2.05, 4.69) is 0 Å². The molecule has 5 nitrogen and oxygen atoms in total. The summed E-state index contributed by atoms with van der Waals surface area (Å²) in [6, 6.07) is 0. The molecule has 88 valence electrons. The minimum Gasteiger partial charge on any atom is -0.481 e. The fraction of sp³-hybridized carbons (Fsp3) is 0.778. The third kappa shape index (κ3) is 5.11. The largest absolute Gasteiger partial charge is 0.481 e. The molecule has 0 aliphatic rings. The summed E-state index contributed by atoms with van der Waals surface area (Å²) < 4.78 is 0.284. The smallest absolute Gasteiger partial charge is 0.306 e.